The van der Waals surface area contributed by atoms with Gasteiger partial charge in [0.05, 0.1) is 0 Å². The van der Waals surface area contributed by atoms with E-state index in [1.165, 1.54) is 70.6 Å². The number of carboxylic acid groups (broad SMARTS) is 1. The molecule has 0 amide bonds. The molecule has 146 valence electrons. The van der Waals surface area contributed by atoms with E-state index < -0.39 is 5.97 Å². The Balaban J connectivity index is -0.000000409. The quantitative estimate of drug-likeness (QED) is 0.264. The fourth-order valence-corrected chi connectivity index (χ4v) is 2.35. The molecule has 0 saturated carbocycles. The van der Waals surface area contributed by atoms with Crippen molar-refractivity contribution < 1.29 is 50.0 Å². The van der Waals surface area contributed by atoms with Gasteiger partial charge < -0.3 is 15.7 Å². The minimum Gasteiger partial charge on any atom is -0.870 e. The molecule has 0 bridgehead atoms. The number of hydrogen-bond acceptors (Lipinski definition) is 3. The van der Waals surface area contributed by atoms with Crippen molar-refractivity contribution in [2.45, 2.75) is 104 Å². The van der Waals surface area contributed by atoms with Gasteiger partial charge >= 0.3 is 35.5 Å². The van der Waals surface area contributed by atoms with Crippen molar-refractivity contribution in [2.75, 3.05) is 6.61 Å². The van der Waals surface area contributed by atoms with Crippen molar-refractivity contribution in [3.05, 3.63) is 12.2 Å². The summed E-state index contributed by atoms with van der Waals surface area (Å²) in [5, 5.41) is 16.1. The fourth-order valence-electron chi connectivity index (χ4n) is 2.35. The number of unbranched alkanes of at least 4 members (excludes halogenated alkanes) is 11. The number of rotatable bonds is 15. The van der Waals surface area contributed by atoms with Crippen molar-refractivity contribution in [2.24, 2.45) is 0 Å². The van der Waals surface area contributed by atoms with E-state index in [-0.39, 0.29) is 41.6 Å². The summed E-state index contributed by atoms with van der Waals surface area (Å²) in [5.74, 6) is -0.664. The third kappa shape index (κ3) is 40.3. The molecule has 0 fully saturated rings. The summed E-state index contributed by atoms with van der Waals surface area (Å²) in [6.07, 6.45) is 21.2. The molecule has 0 aromatic carbocycles. The van der Waals surface area contributed by atoms with E-state index in [0.29, 0.717) is 6.42 Å². The van der Waals surface area contributed by atoms with Crippen LogP contribution in [0.4, 0.5) is 0 Å². The largest absolute Gasteiger partial charge is 1.00 e. The summed E-state index contributed by atoms with van der Waals surface area (Å²) in [5.41, 5.74) is 0. The zero-order valence-electron chi connectivity index (χ0n) is 17.0. The first-order valence-corrected chi connectivity index (χ1v) is 9.66. The van der Waals surface area contributed by atoms with Crippen molar-refractivity contribution in [3.63, 3.8) is 0 Å². The number of carbonyl (C=O) groups is 1. The van der Waals surface area contributed by atoms with Crippen LogP contribution in [0.5, 0.6) is 0 Å². The van der Waals surface area contributed by atoms with Gasteiger partial charge in [-0.15, -0.1) is 0 Å². The second-order valence-electron chi connectivity index (χ2n) is 6.04. The number of allylic oxidation sites excluding steroid dienone is 2. The molecular weight excluding hydrogens is 327 g/mol. The number of aliphatic hydroxyl groups is 1. The summed E-state index contributed by atoms with van der Waals surface area (Å²) >= 11 is 0. The van der Waals surface area contributed by atoms with Crippen molar-refractivity contribution in [1.29, 1.82) is 0 Å². The van der Waals surface area contributed by atoms with E-state index in [1.54, 1.807) is 6.92 Å². The van der Waals surface area contributed by atoms with Crippen LogP contribution in [0.25, 0.3) is 0 Å². The van der Waals surface area contributed by atoms with Crippen LogP contribution in [-0.2, 0) is 4.79 Å². The number of hydrogen-bond donors (Lipinski definition) is 2. The molecule has 0 rings (SSSR count). The average Bonchev–Trinajstić information content (AvgIpc) is 2.51. The van der Waals surface area contributed by atoms with Crippen LogP contribution in [0, 0.1) is 0 Å². The molecule has 25 heavy (non-hydrogen) atoms. The Labute approximate surface area is 178 Å². The van der Waals surface area contributed by atoms with Gasteiger partial charge in [0.1, 0.15) is 0 Å². The number of aliphatic carboxylic acids is 1. The molecule has 0 aromatic rings. The Morgan fingerprint density at radius 1 is 0.760 bits per heavy atom. The topological polar surface area (TPSA) is 87.5 Å². The van der Waals surface area contributed by atoms with E-state index in [4.69, 9.17) is 10.2 Å². The molecule has 0 saturated heterocycles. The monoisotopic (exact) mass is 368 g/mol. The third-order valence-electron chi connectivity index (χ3n) is 3.65. The fraction of sp³-hybridized carbons (Fsp3) is 0.850. The molecular formula is C20H41NaO4. The van der Waals surface area contributed by atoms with Gasteiger partial charge in [0, 0.05) is 13.0 Å². The molecule has 3 N–H and O–H groups in total. The molecule has 5 heteroatoms. The summed E-state index contributed by atoms with van der Waals surface area (Å²) in [7, 11) is 0. The molecule has 0 aliphatic heterocycles. The first-order valence-electron chi connectivity index (χ1n) is 9.66. The maximum Gasteiger partial charge on any atom is 1.00 e. The Morgan fingerprint density at radius 3 is 1.52 bits per heavy atom. The minimum absolute atomic E-state index is 0. The Kier molecular flexibility index (Phi) is 41.8. The summed E-state index contributed by atoms with van der Waals surface area (Å²) in [6, 6.07) is 0. The SMILES string of the molecule is CCCCCCCC/C=C\CCCCCCCC(=O)O.CCO.[Na+].[OH-]. The van der Waals surface area contributed by atoms with Crippen LogP contribution in [0.2, 0.25) is 0 Å². The Morgan fingerprint density at radius 2 is 1.12 bits per heavy atom. The predicted molar refractivity (Wildman–Crippen MR) is 102 cm³/mol. The molecule has 0 radical (unpaired) electrons. The molecule has 4 nitrogen and oxygen atoms in total. The summed E-state index contributed by atoms with van der Waals surface area (Å²) in [6.45, 7) is 4.19. The van der Waals surface area contributed by atoms with Gasteiger partial charge in [0.15, 0.2) is 0 Å². The average molecular weight is 369 g/mol. The van der Waals surface area contributed by atoms with Gasteiger partial charge in [-0.1, -0.05) is 70.4 Å². The van der Waals surface area contributed by atoms with Crippen LogP contribution in [0.1, 0.15) is 104 Å². The molecule has 0 atom stereocenters. The zero-order valence-corrected chi connectivity index (χ0v) is 19.0. The van der Waals surface area contributed by atoms with Crippen molar-refractivity contribution in [1.82, 2.24) is 0 Å². The summed E-state index contributed by atoms with van der Waals surface area (Å²) in [4.78, 5) is 10.3. The van der Waals surface area contributed by atoms with Gasteiger partial charge in [-0.3, -0.25) is 4.79 Å². The molecule has 0 unspecified atom stereocenters. The molecule has 0 heterocycles. The number of aliphatic hydroxyl groups excluding tert-OH is 1. The maximum absolute atomic E-state index is 10.3. The van der Waals surface area contributed by atoms with Crippen molar-refractivity contribution >= 4 is 5.97 Å². The predicted octanol–water partition coefficient (Wildman–Crippen LogP) is 2.93. The molecule has 0 aromatic heterocycles. The normalized spacial score (nSPS) is 9.72. The molecule has 0 spiro atoms. The van der Waals surface area contributed by atoms with Crippen molar-refractivity contribution in [3.8, 4) is 0 Å². The first kappa shape index (κ1) is 32.8. The van der Waals surface area contributed by atoms with Gasteiger partial charge in [-0.05, 0) is 39.0 Å². The van der Waals surface area contributed by atoms with Crippen LogP contribution in [-0.4, -0.2) is 28.3 Å². The van der Waals surface area contributed by atoms with Crippen LogP contribution in [0.15, 0.2) is 12.2 Å². The second-order valence-corrected chi connectivity index (χ2v) is 6.04. The number of carboxylic acids is 1. The Hall–Kier alpha value is 0.130. The van der Waals surface area contributed by atoms with Gasteiger partial charge in [-0.25, -0.2) is 0 Å². The third-order valence-corrected chi connectivity index (χ3v) is 3.65. The van der Waals surface area contributed by atoms with Crippen LogP contribution >= 0.6 is 0 Å². The Bertz CT molecular complexity index is 258. The standard InChI is InChI=1S/C18H34O2.C2H6O.Na.H2O/c1-2-3-4-5-6-7-8-9-10-11-12-13-14-15-16-17-18(19)20;1-2-3;;/h9-10H,2-8,11-17H2,1H3,(H,19,20);3H,2H2,1H3;;1H2/q;;+1;/p-1/b10-9-;;;. The minimum atomic E-state index is -0.664. The summed E-state index contributed by atoms with van der Waals surface area (Å²) < 4.78 is 0. The maximum atomic E-state index is 10.3. The molecule has 0 aliphatic rings. The van der Waals surface area contributed by atoms with Gasteiger partial charge in [0.25, 0.3) is 0 Å². The van der Waals surface area contributed by atoms with E-state index in [1.807, 2.05) is 0 Å². The first-order chi connectivity index (χ1) is 11.2. The van der Waals surface area contributed by atoms with Gasteiger partial charge in [-0.2, -0.15) is 0 Å². The van der Waals surface area contributed by atoms with E-state index in [0.717, 1.165) is 12.8 Å². The second kappa shape index (κ2) is 31.9. The van der Waals surface area contributed by atoms with E-state index in [9.17, 15) is 4.79 Å². The van der Waals surface area contributed by atoms with E-state index >= 15 is 0 Å². The van der Waals surface area contributed by atoms with Crippen LogP contribution in [0.3, 0.4) is 0 Å². The molecule has 0 aliphatic carbocycles. The zero-order chi connectivity index (χ0) is 17.6. The van der Waals surface area contributed by atoms with E-state index in [2.05, 4.69) is 19.1 Å². The van der Waals surface area contributed by atoms with Crippen LogP contribution < -0.4 is 29.6 Å². The van der Waals surface area contributed by atoms with Gasteiger partial charge in [0.2, 0.25) is 0 Å². The smallest absolute Gasteiger partial charge is 0.870 e.